The molecule has 0 amide bonds. The van der Waals surface area contributed by atoms with Gasteiger partial charge in [0.25, 0.3) is 5.54 Å². The van der Waals surface area contributed by atoms with Gasteiger partial charge in [0.15, 0.2) is 7.05 Å². The van der Waals surface area contributed by atoms with E-state index in [1.807, 2.05) is 42.6 Å². The van der Waals surface area contributed by atoms with E-state index >= 15 is 0 Å². The van der Waals surface area contributed by atoms with Gasteiger partial charge in [-0.1, -0.05) is 145 Å². The molecule has 0 radical (unpaired) electrons. The molecule has 0 N–H and O–H groups in total. The molecule has 9 aromatic rings. The summed E-state index contributed by atoms with van der Waals surface area (Å²) in [5.74, 6) is 0. The molecule has 67 heavy (non-hydrogen) atoms. The standard InChI is InChI=1S/C61H46N6/c1-58(2,3)40-23-30-65-57(35-40)60(52-21-9-6-18-46(52)49-25-28-63-37-55(49)60)43-15-11-13-41(33-43)59(51-20-8-5-17-45(51)48-24-27-62-36-54(48)59)42-14-12-16-44(34-42)61(67-32-31-66(4)39-67)53-22-10-7-19-47(53)50-26-29-64-38-56(50)61/h5-38H,1-4H3/q+2. The molecule has 4 aromatic heterocycles. The number of pyridine rings is 4. The molecular formula is C61H46N6+2. The van der Waals surface area contributed by atoms with Crippen LogP contribution in [0, 0.1) is 0 Å². The van der Waals surface area contributed by atoms with Crippen LogP contribution in [0.5, 0.6) is 0 Å². The first-order valence-electron chi connectivity index (χ1n) is 23.1. The van der Waals surface area contributed by atoms with Gasteiger partial charge in [-0.3, -0.25) is 19.9 Å². The second-order valence-corrected chi connectivity index (χ2v) is 19.3. The van der Waals surface area contributed by atoms with Gasteiger partial charge >= 0.3 is 6.01 Å². The summed E-state index contributed by atoms with van der Waals surface area (Å²) in [7, 11) is 2.03. The first kappa shape index (κ1) is 39.2. The number of benzene rings is 5. The minimum atomic E-state index is -0.786. The topological polar surface area (TPSA) is 57.6 Å². The molecular weight excluding hydrogens is 817 g/mol. The monoisotopic (exact) mass is 862 g/mol. The predicted molar refractivity (Wildman–Crippen MR) is 263 cm³/mol. The maximum absolute atomic E-state index is 5.34. The van der Waals surface area contributed by atoms with Crippen LogP contribution in [-0.4, -0.2) is 42.1 Å². The zero-order chi connectivity index (χ0) is 45.1. The average Bonchev–Trinajstić information content (AvgIpc) is 4.11. The van der Waals surface area contributed by atoms with Gasteiger partial charge in [0, 0.05) is 54.5 Å². The Balaban J connectivity index is 1.13. The number of aromatic nitrogens is 4. The van der Waals surface area contributed by atoms with Crippen LogP contribution >= 0.6 is 0 Å². The molecule has 0 fully saturated rings. The van der Waals surface area contributed by atoms with Crippen molar-refractivity contribution in [2.24, 2.45) is 0 Å². The van der Waals surface area contributed by atoms with Gasteiger partial charge < -0.3 is 0 Å². The number of hydrogen-bond acceptors (Lipinski definition) is 4. The van der Waals surface area contributed by atoms with Crippen LogP contribution in [0.1, 0.15) is 87.7 Å². The Bertz CT molecular complexity index is 3520. The fourth-order valence-electron chi connectivity index (χ4n) is 12.2. The van der Waals surface area contributed by atoms with Crippen molar-refractivity contribution in [1.29, 1.82) is 0 Å². The van der Waals surface area contributed by atoms with Gasteiger partial charge in [-0.2, -0.15) is 0 Å². The summed E-state index contributed by atoms with van der Waals surface area (Å²) in [6.07, 6.45) is 18.2. The highest BCUT2D eigenvalue weighted by Gasteiger charge is 2.57. The second kappa shape index (κ2) is 14.2. The highest BCUT2D eigenvalue weighted by Crippen LogP contribution is 2.60. The maximum Gasteiger partial charge on any atom is 0.490 e. The Kier molecular flexibility index (Phi) is 8.29. The minimum absolute atomic E-state index is 0.0977. The Morgan fingerprint density at radius 3 is 1.51 bits per heavy atom. The van der Waals surface area contributed by atoms with Crippen LogP contribution in [-0.2, 0) is 21.8 Å². The van der Waals surface area contributed by atoms with Crippen LogP contribution in [0.15, 0.2) is 207 Å². The lowest BCUT2D eigenvalue weighted by atomic mass is 9.64. The molecule has 13 rings (SSSR count). The number of nitrogens with zero attached hydrogens (tertiary/aromatic N) is 6. The molecule has 0 saturated carbocycles. The number of hydrogen-bond donors (Lipinski definition) is 0. The predicted octanol–water partition coefficient (Wildman–Crippen LogP) is 11.9. The molecule has 1 aliphatic heterocycles. The highest BCUT2D eigenvalue weighted by atomic mass is 15.2. The minimum Gasteiger partial charge on any atom is -0.264 e. The van der Waals surface area contributed by atoms with E-state index in [2.05, 4.69) is 208 Å². The fraction of sp³-hybridized carbons (Fsp3) is 0.131. The molecule has 3 atom stereocenters. The summed E-state index contributed by atoms with van der Waals surface area (Å²) >= 11 is 0. The summed E-state index contributed by atoms with van der Waals surface area (Å²) in [5.41, 5.74) is 18.4. The van der Waals surface area contributed by atoms with Gasteiger partial charge in [0.05, 0.1) is 22.1 Å². The second-order valence-electron chi connectivity index (χ2n) is 19.3. The first-order chi connectivity index (χ1) is 32.8. The Morgan fingerprint density at radius 1 is 0.433 bits per heavy atom. The molecule has 0 saturated heterocycles. The molecule has 6 heteroatoms. The molecule has 6 nitrogen and oxygen atoms in total. The van der Waals surface area contributed by atoms with Crippen LogP contribution in [0.3, 0.4) is 0 Å². The number of rotatable bonds is 6. The molecule has 5 heterocycles. The zero-order valence-corrected chi connectivity index (χ0v) is 37.8. The third kappa shape index (κ3) is 5.16. The lowest BCUT2D eigenvalue weighted by Gasteiger charge is -2.37. The Hall–Kier alpha value is -8.18. The van der Waals surface area contributed by atoms with E-state index in [0.29, 0.717) is 0 Å². The fourth-order valence-corrected chi connectivity index (χ4v) is 12.2. The molecule has 4 aliphatic rings. The van der Waals surface area contributed by atoms with Crippen LogP contribution in [0.4, 0.5) is 0 Å². The van der Waals surface area contributed by atoms with Gasteiger partial charge in [-0.25, -0.2) is 0 Å². The molecule has 0 bridgehead atoms. The third-order valence-corrected chi connectivity index (χ3v) is 15.0. The first-order valence-corrected chi connectivity index (χ1v) is 23.1. The largest absolute Gasteiger partial charge is 0.490 e. The van der Waals surface area contributed by atoms with E-state index in [1.165, 1.54) is 55.6 Å². The van der Waals surface area contributed by atoms with Crippen molar-refractivity contribution in [3.05, 3.63) is 274 Å². The number of fused-ring (bicyclic) bond motifs is 9. The van der Waals surface area contributed by atoms with Gasteiger partial charge in [-0.05, 0) is 120 Å². The van der Waals surface area contributed by atoms with E-state index in [9.17, 15) is 0 Å². The van der Waals surface area contributed by atoms with E-state index < -0.39 is 16.4 Å². The van der Waals surface area contributed by atoms with E-state index in [0.717, 1.165) is 44.6 Å². The molecule has 5 aromatic carbocycles. The van der Waals surface area contributed by atoms with Crippen molar-refractivity contribution in [2.45, 2.75) is 42.6 Å². The summed E-state index contributed by atoms with van der Waals surface area (Å²) < 4.78 is 4.25. The van der Waals surface area contributed by atoms with E-state index in [-0.39, 0.29) is 5.41 Å². The highest BCUT2D eigenvalue weighted by molar-refractivity contribution is 5.89. The van der Waals surface area contributed by atoms with Crippen LogP contribution in [0.2, 0.25) is 0 Å². The van der Waals surface area contributed by atoms with Crippen molar-refractivity contribution in [3.63, 3.8) is 0 Å². The van der Waals surface area contributed by atoms with E-state index in [4.69, 9.17) is 19.9 Å². The summed E-state index contributed by atoms with van der Waals surface area (Å²) in [6, 6.07) is 59.9. The van der Waals surface area contributed by atoms with Gasteiger partial charge in [0.1, 0.15) is 0 Å². The van der Waals surface area contributed by atoms with Crippen molar-refractivity contribution < 1.29 is 9.15 Å². The third-order valence-electron chi connectivity index (χ3n) is 15.0. The van der Waals surface area contributed by atoms with Crippen molar-refractivity contribution >= 4 is 6.01 Å². The van der Waals surface area contributed by atoms with Gasteiger partial charge in [0.2, 0.25) is 12.4 Å². The molecule has 3 unspecified atom stereocenters. The van der Waals surface area contributed by atoms with E-state index in [1.54, 1.807) is 0 Å². The Morgan fingerprint density at radius 2 is 0.910 bits per heavy atom. The normalized spacial score (nSPS) is 20.3. The lowest BCUT2D eigenvalue weighted by molar-refractivity contribution is -0.533. The smallest absolute Gasteiger partial charge is 0.264 e. The molecule has 3 aliphatic carbocycles. The molecule has 318 valence electrons. The summed E-state index contributed by atoms with van der Waals surface area (Å²) in [6.45, 7) is 6.82. The SMILES string of the molecule is C[N+]1=C=[N+](C2(c3cccc(C4(c5cccc(C6(c7cc(C(C)(C)C)ccn7)c7ccccc7-c7ccncc76)c5)c5ccccc5-c5ccncc54)c3)c3ccccc3-c3ccncc32)C=C1. The zero-order valence-electron chi connectivity index (χ0n) is 37.8. The quantitative estimate of drug-likeness (QED) is 0.156. The summed E-state index contributed by atoms with van der Waals surface area (Å²) in [4.78, 5) is 19.9. The van der Waals surface area contributed by atoms with Crippen molar-refractivity contribution in [1.82, 2.24) is 19.9 Å². The van der Waals surface area contributed by atoms with Crippen molar-refractivity contribution in [3.8, 4) is 33.4 Å². The molecule has 0 spiro atoms. The maximum atomic E-state index is 5.34. The van der Waals surface area contributed by atoms with Crippen molar-refractivity contribution in [2.75, 3.05) is 7.05 Å². The van der Waals surface area contributed by atoms with Crippen LogP contribution < -0.4 is 0 Å². The lowest BCUT2D eigenvalue weighted by Crippen LogP contribution is -2.38. The van der Waals surface area contributed by atoms with Gasteiger partial charge in [-0.15, -0.1) is 0 Å². The summed E-state index contributed by atoms with van der Waals surface area (Å²) in [5, 5.41) is 0. The van der Waals surface area contributed by atoms with Crippen LogP contribution in [0.25, 0.3) is 33.4 Å². The Labute approximate surface area is 390 Å². The average molecular weight is 863 g/mol.